The van der Waals surface area contributed by atoms with Gasteiger partial charge in [-0.2, -0.15) is 0 Å². The first kappa shape index (κ1) is 15.4. The van der Waals surface area contributed by atoms with Crippen LogP contribution < -0.4 is 5.32 Å². The number of nitrogens with one attached hydrogen (secondary N) is 1. The fraction of sp³-hybridized carbons (Fsp3) is 0.474. The highest BCUT2D eigenvalue weighted by Gasteiger charge is 2.40. The maximum Gasteiger partial charge on any atom is 0.307 e. The minimum Gasteiger partial charge on any atom is -0.432 e. The molecule has 5 heteroatoms. The van der Waals surface area contributed by atoms with E-state index in [1.165, 1.54) is 5.56 Å². The fourth-order valence-electron chi connectivity index (χ4n) is 3.99. The van der Waals surface area contributed by atoms with Gasteiger partial charge in [0, 0.05) is 17.6 Å². The molecular weight excluding hydrogens is 302 g/mol. The standard InChI is InChI=1S/C19H23N3O2/c1-12-3-5-14(6-4-12)16-11-20-19(24-16)18(23)21-17-13(2)22-9-7-15(17)8-10-22/h3-6,11,13,15,17H,7-10H2,1-2H3,(H,21,23). The Bertz CT molecular complexity index is 727. The summed E-state index contributed by atoms with van der Waals surface area (Å²) in [5, 5.41) is 3.15. The van der Waals surface area contributed by atoms with E-state index in [1.54, 1.807) is 6.20 Å². The lowest BCUT2D eigenvalue weighted by molar-refractivity contribution is 0.0210. The van der Waals surface area contributed by atoms with Crippen LogP contribution in [0.15, 0.2) is 34.9 Å². The minimum atomic E-state index is -0.209. The number of nitrogens with zero attached hydrogens (tertiary/aromatic N) is 2. The number of rotatable bonds is 3. The second-order valence-corrected chi connectivity index (χ2v) is 7.01. The van der Waals surface area contributed by atoms with Gasteiger partial charge in [0.2, 0.25) is 0 Å². The predicted octanol–water partition coefficient (Wildman–Crippen LogP) is 2.86. The number of carbonyl (C=O) groups excluding carboxylic acids is 1. The molecule has 2 aromatic rings. The lowest BCUT2D eigenvalue weighted by Gasteiger charge is -2.49. The summed E-state index contributed by atoms with van der Waals surface area (Å²) in [6, 6.07) is 8.57. The van der Waals surface area contributed by atoms with Crippen molar-refractivity contribution in [2.45, 2.75) is 38.8 Å². The van der Waals surface area contributed by atoms with Crippen molar-refractivity contribution in [1.82, 2.24) is 15.2 Å². The zero-order chi connectivity index (χ0) is 16.7. The predicted molar refractivity (Wildman–Crippen MR) is 91.7 cm³/mol. The highest BCUT2D eigenvalue weighted by atomic mass is 16.4. The quantitative estimate of drug-likeness (QED) is 0.943. The molecule has 0 saturated carbocycles. The molecule has 5 nitrogen and oxygen atoms in total. The third kappa shape index (κ3) is 2.73. The van der Waals surface area contributed by atoms with Crippen LogP contribution in [0.2, 0.25) is 0 Å². The topological polar surface area (TPSA) is 58.4 Å². The molecule has 0 aliphatic carbocycles. The highest BCUT2D eigenvalue weighted by Crippen LogP contribution is 2.32. The number of hydrogen-bond donors (Lipinski definition) is 1. The zero-order valence-corrected chi connectivity index (χ0v) is 14.2. The van der Waals surface area contributed by atoms with Crippen LogP contribution in [0.3, 0.4) is 0 Å². The Morgan fingerprint density at radius 3 is 2.62 bits per heavy atom. The van der Waals surface area contributed by atoms with Gasteiger partial charge in [0.15, 0.2) is 5.76 Å². The van der Waals surface area contributed by atoms with E-state index >= 15 is 0 Å². The van der Waals surface area contributed by atoms with Crippen molar-refractivity contribution in [3.8, 4) is 11.3 Å². The van der Waals surface area contributed by atoms with E-state index < -0.39 is 0 Å². The van der Waals surface area contributed by atoms with Gasteiger partial charge in [0.05, 0.1) is 6.20 Å². The van der Waals surface area contributed by atoms with Gasteiger partial charge < -0.3 is 9.73 Å². The second-order valence-electron chi connectivity index (χ2n) is 7.01. The summed E-state index contributed by atoms with van der Waals surface area (Å²) in [5.41, 5.74) is 2.12. The van der Waals surface area contributed by atoms with Gasteiger partial charge in [0.25, 0.3) is 5.89 Å². The maximum absolute atomic E-state index is 12.5. The number of aromatic nitrogens is 1. The van der Waals surface area contributed by atoms with E-state index in [9.17, 15) is 4.79 Å². The summed E-state index contributed by atoms with van der Waals surface area (Å²) in [5.74, 6) is 1.13. The Kier molecular flexibility index (Phi) is 3.88. The third-order valence-corrected chi connectivity index (χ3v) is 5.51. The van der Waals surface area contributed by atoms with E-state index in [-0.39, 0.29) is 17.8 Å². The highest BCUT2D eigenvalue weighted by molar-refractivity contribution is 5.90. The molecular formula is C19H23N3O2. The summed E-state index contributed by atoms with van der Waals surface area (Å²) < 4.78 is 5.69. The van der Waals surface area contributed by atoms with Gasteiger partial charge in [-0.15, -0.1) is 0 Å². The molecule has 1 aromatic carbocycles. The lowest BCUT2D eigenvalue weighted by Crippen LogP contribution is -2.62. The third-order valence-electron chi connectivity index (χ3n) is 5.51. The Balaban J connectivity index is 1.48. The number of oxazole rings is 1. The van der Waals surface area contributed by atoms with Gasteiger partial charge in [-0.25, -0.2) is 4.98 Å². The van der Waals surface area contributed by atoms with Crippen molar-refractivity contribution in [3.05, 3.63) is 41.9 Å². The molecule has 3 aliphatic heterocycles. The molecule has 3 saturated heterocycles. The molecule has 3 aliphatic rings. The number of aryl methyl sites for hydroxylation is 1. The monoisotopic (exact) mass is 325 g/mol. The van der Waals surface area contributed by atoms with Crippen molar-refractivity contribution < 1.29 is 9.21 Å². The number of piperidine rings is 3. The SMILES string of the molecule is Cc1ccc(-c2cnc(C(=O)NC3C4CCN(CC4)C3C)o2)cc1. The van der Waals surface area contributed by atoms with Crippen LogP contribution in [0, 0.1) is 12.8 Å². The molecule has 2 bridgehead atoms. The average Bonchev–Trinajstić information content (AvgIpc) is 3.09. The number of hydrogen-bond acceptors (Lipinski definition) is 4. The van der Waals surface area contributed by atoms with Crippen LogP contribution in [0.4, 0.5) is 0 Å². The van der Waals surface area contributed by atoms with Crippen LogP contribution in [-0.2, 0) is 0 Å². The van der Waals surface area contributed by atoms with E-state index in [4.69, 9.17) is 4.42 Å². The summed E-state index contributed by atoms with van der Waals surface area (Å²) in [6.45, 7) is 6.53. The summed E-state index contributed by atoms with van der Waals surface area (Å²) in [4.78, 5) is 19.2. The van der Waals surface area contributed by atoms with E-state index in [0.717, 1.165) is 31.5 Å². The van der Waals surface area contributed by atoms with Crippen molar-refractivity contribution in [1.29, 1.82) is 0 Å². The molecule has 3 fully saturated rings. The van der Waals surface area contributed by atoms with Gasteiger partial charge in [-0.05, 0) is 45.7 Å². The summed E-state index contributed by atoms with van der Waals surface area (Å²) in [6.07, 6.45) is 3.95. The molecule has 24 heavy (non-hydrogen) atoms. The smallest absolute Gasteiger partial charge is 0.307 e. The fourth-order valence-corrected chi connectivity index (χ4v) is 3.99. The van der Waals surface area contributed by atoms with Crippen LogP contribution in [0.1, 0.15) is 36.0 Å². The Morgan fingerprint density at radius 2 is 1.96 bits per heavy atom. The second kappa shape index (κ2) is 6.06. The molecule has 4 heterocycles. The van der Waals surface area contributed by atoms with Crippen LogP contribution in [0.5, 0.6) is 0 Å². The van der Waals surface area contributed by atoms with E-state index in [1.807, 2.05) is 31.2 Å². The molecule has 1 amide bonds. The molecule has 5 rings (SSSR count). The van der Waals surface area contributed by atoms with Crippen LogP contribution in [0.25, 0.3) is 11.3 Å². The zero-order valence-electron chi connectivity index (χ0n) is 14.2. The molecule has 0 spiro atoms. The maximum atomic E-state index is 12.5. The molecule has 1 aromatic heterocycles. The van der Waals surface area contributed by atoms with Gasteiger partial charge in [-0.1, -0.05) is 29.8 Å². The van der Waals surface area contributed by atoms with Crippen molar-refractivity contribution in [2.75, 3.05) is 13.1 Å². The number of carbonyl (C=O) groups is 1. The Morgan fingerprint density at radius 1 is 1.25 bits per heavy atom. The van der Waals surface area contributed by atoms with Crippen molar-refractivity contribution in [2.24, 2.45) is 5.92 Å². The normalized spacial score (nSPS) is 28.8. The molecule has 2 unspecified atom stereocenters. The van der Waals surface area contributed by atoms with E-state index in [2.05, 4.69) is 22.1 Å². The van der Waals surface area contributed by atoms with Gasteiger partial charge >= 0.3 is 5.91 Å². The van der Waals surface area contributed by atoms with Crippen molar-refractivity contribution in [3.63, 3.8) is 0 Å². The molecule has 126 valence electrons. The first-order valence-corrected chi connectivity index (χ1v) is 8.69. The average molecular weight is 325 g/mol. The molecule has 1 N–H and O–H groups in total. The van der Waals surface area contributed by atoms with Gasteiger partial charge in [-0.3, -0.25) is 9.69 Å². The first-order chi connectivity index (χ1) is 11.6. The number of amides is 1. The van der Waals surface area contributed by atoms with Crippen LogP contribution in [-0.4, -0.2) is 41.0 Å². The lowest BCUT2D eigenvalue weighted by atomic mass is 9.79. The first-order valence-electron chi connectivity index (χ1n) is 8.69. The van der Waals surface area contributed by atoms with Crippen LogP contribution >= 0.6 is 0 Å². The minimum absolute atomic E-state index is 0.147. The van der Waals surface area contributed by atoms with Gasteiger partial charge in [0.1, 0.15) is 0 Å². The Labute approximate surface area is 142 Å². The number of benzene rings is 1. The molecule has 0 radical (unpaired) electrons. The molecule has 2 atom stereocenters. The van der Waals surface area contributed by atoms with Crippen molar-refractivity contribution >= 4 is 5.91 Å². The Hall–Kier alpha value is -2.14. The summed E-state index contributed by atoms with van der Waals surface area (Å²) >= 11 is 0. The number of fused-ring (bicyclic) bond motifs is 3. The summed E-state index contributed by atoms with van der Waals surface area (Å²) in [7, 11) is 0. The largest absolute Gasteiger partial charge is 0.432 e. The van der Waals surface area contributed by atoms with E-state index in [0.29, 0.717) is 17.7 Å².